The maximum Gasteiger partial charge on any atom is 0.230 e. The number of carbonyl (C=O) groups excluding carboxylic acids is 2. The first-order valence-corrected chi connectivity index (χ1v) is 8.52. The Hall–Kier alpha value is -1.88. The molecule has 1 saturated heterocycles. The number of hydrogen-bond acceptors (Lipinski definition) is 3. The molecule has 1 aromatic carbocycles. The molecular weight excluding hydrogens is 290 g/mol. The first-order valence-electron chi connectivity index (χ1n) is 8.52. The number of carbonyl (C=O) groups is 2. The van der Waals surface area contributed by atoms with Crippen molar-refractivity contribution in [2.45, 2.75) is 12.8 Å². The van der Waals surface area contributed by atoms with Crippen molar-refractivity contribution in [2.24, 2.45) is 11.8 Å². The summed E-state index contributed by atoms with van der Waals surface area (Å²) in [4.78, 5) is 31.4. The number of amides is 2. The molecule has 2 unspecified atom stereocenters. The SMILES string of the molecule is CN1CCN(C(=O)C2CC2C(=O)N2CCc3ccccc32)CC1. The van der Waals surface area contributed by atoms with E-state index in [2.05, 4.69) is 18.0 Å². The second-order valence-corrected chi connectivity index (χ2v) is 6.95. The van der Waals surface area contributed by atoms with E-state index in [-0.39, 0.29) is 23.7 Å². The summed E-state index contributed by atoms with van der Waals surface area (Å²) >= 11 is 0. The Balaban J connectivity index is 1.40. The third kappa shape index (κ3) is 2.63. The molecule has 2 amide bonds. The lowest BCUT2D eigenvalue weighted by Crippen LogP contribution is -2.48. The molecule has 1 aromatic rings. The predicted molar refractivity (Wildman–Crippen MR) is 88.2 cm³/mol. The molecule has 122 valence electrons. The van der Waals surface area contributed by atoms with E-state index in [1.54, 1.807) is 0 Å². The van der Waals surface area contributed by atoms with Crippen LogP contribution in [0.1, 0.15) is 12.0 Å². The van der Waals surface area contributed by atoms with Gasteiger partial charge in [-0.05, 0) is 31.5 Å². The Morgan fingerprint density at radius 1 is 0.957 bits per heavy atom. The van der Waals surface area contributed by atoms with E-state index in [9.17, 15) is 9.59 Å². The molecule has 0 bridgehead atoms. The van der Waals surface area contributed by atoms with Crippen molar-refractivity contribution in [3.63, 3.8) is 0 Å². The Morgan fingerprint density at radius 2 is 1.65 bits per heavy atom. The summed E-state index contributed by atoms with van der Waals surface area (Å²) in [5.41, 5.74) is 2.28. The van der Waals surface area contributed by atoms with Gasteiger partial charge < -0.3 is 14.7 Å². The van der Waals surface area contributed by atoms with Gasteiger partial charge in [0.05, 0.1) is 11.8 Å². The molecule has 23 heavy (non-hydrogen) atoms. The molecule has 1 aliphatic carbocycles. The van der Waals surface area contributed by atoms with Crippen molar-refractivity contribution >= 4 is 17.5 Å². The van der Waals surface area contributed by atoms with Gasteiger partial charge in [0.1, 0.15) is 0 Å². The van der Waals surface area contributed by atoms with Crippen LogP contribution in [-0.2, 0) is 16.0 Å². The van der Waals surface area contributed by atoms with Crippen LogP contribution < -0.4 is 4.90 Å². The van der Waals surface area contributed by atoms with Crippen LogP contribution in [0.25, 0.3) is 0 Å². The number of benzene rings is 1. The topological polar surface area (TPSA) is 43.9 Å². The number of fused-ring (bicyclic) bond motifs is 1. The van der Waals surface area contributed by atoms with Crippen LogP contribution in [0.3, 0.4) is 0 Å². The quantitative estimate of drug-likeness (QED) is 0.818. The summed E-state index contributed by atoms with van der Waals surface area (Å²) < 4.78 is 0. The maximum absolute atomic E-state index is 12.8. The van der Waals surface area contributed by atoms with Crippen LogP contribution in [0.15, 0.2) is 24.3 Å². The van der Waals surface area contributed by atoms with Crippen LogP contribution in [-0.4, -0.2) is 61.4 Å². The average molecular weight is 313 g/mol. The summed E-state index contributed by atoms with van der Waals surface area (Å²) in [6, 6.07) is 8.09. The lowest BCUT2D eigenvalue weighted by molar-refractivity contribution is -0.135. The van der Waals surface area contributed by atoms with Gasteiger partial charge in [0.15, 0.2) is 0 Å². The van der Waals surface area contributed by atoms with Gasteiger partial charge in [0.2, 0.25) is 11.8 Å². The van der Waals surface area contributed by atoms with Crippen LogP contribution in [0.4, 0.5) is 5.69 Å². The number of nitrogens with zero attached hydrogens (tertiary/aromatic N) is 3. The standard InChI is InChI=1S/C18H23N3O2/c1-19-8-10-20(11-9-19)17(22)14-12-15(14)18(23)21-7-6-13-4-2-3-5-16(13)21/h2-5,14-15H,6-12H2,1H3. The number of piperazine rings is 1. The van der Waals surface area contributed by atoms with Crippen molar-refractivity contribution < 1.29 is 9.59 Å². The van der Waals surface area contributed by atoms with Gasteiger partial charge in [0, 0.05) is 38.4 Å². The third-order valence-corrected chi connectivity index (χ3v) is 5.39. The van der Waals surface area contributed by atoms with Crippen LogP contribution in [0, 0.1) is 11.8 Å². The largest absolute Gasteiger partial charge is 0.340 e. The molecular formula is C18H23N3O2. The van der Waals surface area contributed by atoms with E-state index < -0.39 is 0 Å². The van der Waals surface area contributed by atoms with Gasteiger partial charge in [-0.1, -0.05) is 18.2 Å². The van der Waals surface area contributed by atoms with Gasteiger partial charge in [0.25, 0.3) is 0 Å². The second-order valence-electron chi connectivity index (χ2n) is 6.95. The Morgan fingerprint density at radius 3 is 2.43 bits per heavy atom. The molecule has 3 aliphatic rings. The summed E-state index contributed by atoms with van der Waals surface area (Å²) in [6.45, 7) is 4.19. The van der Waals surface area contributed by atoms with Crippen LogP contribution in [0.2, 0.25) is 0 Å². The minimum atomic E-state index is -0.103. The molecule has 2 atom stereocenters. The summed E-state index contributed by atoms with van der Waals surface area (Å²) in [6.07, 6.45) is 1.65. The minimum absolute atomic E-state index is 0.0846. The highest BCUT2D eigenvalue weighted by molar-refractivity contribution is 6.02. The van der Waals surface area contributed by atoms with Crippen LogP contribution >= 0.6 is 0 Å². The van der Waals surface area contributed by atoms with Gasteiger partial charge in [-0.15, -0.1) is 0 Å². The van der Waals surface area contributed by atoms with Gasteiger partial charge in [-0.25, -0.2) is 0 Å². The fraction of sp³-hybridized carbons (Fsp3) is 0.556. The number of likely N-dealkylation sites (N-methyl/N-ethyl adjacent to an activating group) is 1. The van der Waals surface area contributed by atoms with E-state index in [1.165, 1.54) is 5.56 Å². The van der Waals surface area contributed by atoms with Gasteiger partial charge in [-0.3, -0.25) is 9.59 Å². The summed E-state index contributed by atoms with van der Waals surface area (Å²) in [5.74, 6) is 0.137. The van der Waals surface area contributed by atoms with Crippen molar-refractivity contribution in [3.05, 3.63) is 29.8 Å². The zero-order valence-electron chi connectivity index (χ0n) is 13.6. The Kier molecular flexibility index (Phi) is 3.60. The first kappa shape index (κ1) is 14.7. The van der Waals surface area contributed by atoms with Crippen molar-refractivity contribution in [2.75, 3.05) is 44.7 Å². The molecule has 0 spiro atoms. The lowest BCUT2D eigenvalue weighted by Gasteiger charge is -2.32. The molecule has 2 fully saturated rings. The number of hydrogen-bond donors (Lipinski definition) is 0. The Bertz CT molecular complexity index is 637. The van der Waals surface area contributed by atoms with E-state index in [4.69, 9.17) is 0 Å². The molecule has 2 heterocycles. The van der Waals surface area contributed by atoms with Gasteiger partial charge >= 0.3 is 0 Å². The van der Waals surface area contributed by atoms with E-state index >= 15 is 0 Å². The molecule has 0 radical (unpaired) electrons. The fourth-order valence-corrected chi connectivity index (χ4v) is 3.77. The van der Waals surface area contributed by atoms with E-state index in [0.29, 0.717) is 0 Å². The second kappa shape index (κ2) is 5.64. The molecule has 4 rings (SSSR count). The molecule has 1 saturated carbocycles. The van der Waals surface area contributed by atoms with Crippen LogP contribution in [0.5, 0.6) is 0 Å². The molecule has 5 nitrogen and oxygen atoms in total. The number of para-hydroxylation sites is 1. The highest BCUT2D eigenvalue weighted by Gasteiger charge is 2.51. The smallest absolute Gasteiger partial charge is 0.230 e. The highest BCUT2D eigenvalue weighted by atomic mass is 16.2. The van der Waals surface area contributed by atoms with Crippen molar-refractivity contribution in [1.29, 1.82) is 0 Å². The fourth-order valence-electron chi connectivity index (χ4n) is 3.77. The normalized spacial score (nSPS) is 27.0. The predicted octanol–water partition coefficient (Wildman–Crippen LogP) is 0.986. The van der Waals surface area contributed by atoms with Gasteiger partial charge in [-0.2, -0.15) is 0 Å². The number of rotatable bonds is 2. The molecule has 0 N–H and O–H groups in total. The molecule has 5 heteroatoms. The zero-order chi connectivity index (χ0) is 16.0. The first-order chi connectivity index (χ1) is 11.1. The molecule has 0 aromatic heterocycles. The van der Waals surface area contributed by atoms with Crippen molar-refractivity contribution in [3.8, 4) is 0 Å². The summed E-state index contributed by atoms with van der Waals surface area (Å²) in [5, 5.41) is 0. The Labute approximate surface area is 136 Å². The summed E-state index contributed by atoms with van der Waals surface area (Å²) in [7, 11) is 2.08. The maximum atomic E-state index is 12.8. The average Bonchev–Trinajstić information content (AvgIpc) is 3.26. The minimum Gasteiger partial charge on any atom is -0.340 e. The monoisotopic (exact) mass is 313 g/mol. The van der Waals surface area contributed by atoms with E-state index in [1.807, 2.05) is 28.0 Å². The van der Waals surface area contributed by atoms with E-state index in [0.717, 1.165) is 51.3 Å². The number of anilines is 1. The third-order valence-electron chi connectivity index (χ3n) is 5.39. The lowest BCUT2D eigenvalue weighted by atomic mass is 10.2. The highest BCUT2D eigenvalue weighted by Crippen LogP contribution is 2.43. The molecule has 2 aliphatic heterocycles. The van der Waals surface area contributed by atoms with Crippen molar-refractivity contribution in [1.82, 2.24) is 9.80 Å². The zero-order valence-corrected chi connectivity index (χ0v) is 13.6.